The van der Waals surface area contributed by atoms with E-state index in [2.05, 4.69) is 25.8 Å². The van der Waals surface area contributed by atoms with Crippen molar-refractivity contribution in [3.8, 4) is 10.7 Å². The van der Waals surface area contributed by atoms with E-state index in [0.717, 1.165) is 10.4 Å². The molecule has 8 heteroatoms. The lowest BCUT2D eigenvalue weighted by Gasteiger charge is -2.24. The SMILES string of the molecule is O=C1C[C@H](C(=O)Nc2n[nH]c(-c3cccs3)n2)c2ccccc2N1. The minimum Gasteiger partial charge on any atom is -0.326 e. The number of para-hydroxylation sites is 1. The molecule has 1 aliphatic rings. The fourth-order valence-electron chi connectivity index (χ4n) is 2.68. The number of fused-ring (bicyclic) bond motifs is 1. The van der Waals surface area contributed by atoms with Crippen molar-refractivity contribution in [1.29, 1.82) is 0 Å². The van der Waals surface area contributed by atoms with Crippen LogP contribution in [0.1, 0.15) is 17.9 Å². The lowest BCUT2D eigenvalue weighted by atomic mass is 9.90. The molecule has 2 aromatic heterocycles. The molecule has 120 valence electrons. The largest absolute Gasteiger partial charge is 0.326 e. The van der Waals surface area contributed by atoms with Crippen LogP contribution in [0.25, 0.3) is 10.7 Å². The van der Waals surface area contributed by atoms with Crippen LogP contribution in [-0.4, -0.2) is 27.0 Å². The number of H-pyrrole nitrogens is 1. The van der Waals surface area contributed by atoms with E-state index >= 15 is 0 Å². The number of aromatic amines is 1. The minimum atomic E-state index is -0.557. The van der Waals surface area contributed by atoms with Crippen LogP contribution in [-0.2, 0) is 9.59 Å². The Labute approximate surface area is 141 Å². The zero-order valence-corrected chi connectivity index (χ0v) is 13.3. The average molecular weight is 339 g/mol. The molecule has 3 N–H and O–H groups in total. The first-order chi connectivity index (χ1) is 11.7. The van der Waals surface area contributed by atoms with Crippen LogP contribution in [0, 0.1) is 0 Å². The quantitative estimate of drug-likeness (QED) is 0.683. The lowest BCUT2D eigenvalue weighted by Crippen LogP contribution is -2.31. The van der Waals surface area contributed by atoms with Gasteiger partial charge >= 0.3 is 0 Å². The number of thiophene rings is 1. The van der Waals surface area contributed by atoms with E-state index in [1.807, 2.05) is 35.7 Å². The molecule has 0 unspecified atom stereocenters. The van der Waals surface area contributed by atoms with Crippen LogP contribution in [0.2, 0.25) is 0 Å². The van der Waals surface area contributed by atoms with E-state index in [-0.39, 0.29) is 24.2 Å². The Kier molecular flexibility index (Phi) is 3.58. The first kappa shape index (κ1) is 14.6. The standard InChI is InChI=1S/C16H13N5O2S/c22-13-8-10(9-4-1-2-5-11(9)17-13)15(23)19-16-18-14(20-21-16)12-6-3-7-24-12/h1-7,10H,8H2,(H,17,22)(H2,18,19,20,21,23)/t10-/m0/s1. The van der Waals surface area contributed by atoms with Crippen LogP contribution in [0.3, 0.4) is 0 Å². The molecule has 0 bridgehead atoms. The third-order valence-electron chi connectivity index (χ3n) is 3.79. The molecule has 0 fully saturated rings. The molecular weight excluding hydrogens is 326 g/mol. The third kappa shape index (κ3) is 2.67. The van der Waals surface area contributed by atoms with Gasteiger partial charge in [-0.1, -0.05) is 24.3 Å². The Balaban J connectivity index is 1.56. The number of amides is 2. The highest BCUT2D eigenvalue weighted by molar-refractivity contribution is 7.13. The summed E-state index contributed by atoms with van der Waals surface area (Å²) in [5.41, 5.74) is 1.46. The number of nitrogens with one attached hydrogen (secondary N) is 3. The number of carbonyl (C=O) groups excluding carboxylic acids is 2. The zero-order chi connectivity index (χ0) is 16.5. The van der Waals surface area contributed by atoms with Crippen LogP contribution in [0.5, 0.6) is 0 Å². The molecule has 1 atom stereocenters. The van der Waals surface area contributed by atoms with Crippen molar-refractivity contribution < 1.29 is 9.59 Å². The lowest BCUT2D eigenvalue weighted by molar-refractivity contribution is -0.123. The Bertz CT molecular complexity index is 903. The molecule has 0 radical (unpaired) electrons. The molecule has 0 spiro atoms. The van der Waals surface area contributed by atoms with E-state index in [1.54, 1.807) is 6.07 Å². The number of aromatic nitrogens is 3. The van der Waals surface area contributed by atoms with Crippen molar-refractivity contribution in [2.45, 2.75) is 12.3 Å². The first-order valence-corrected chi connectivity index (χ1v) is 8.24. The Morgan fingerprint density at radius 2 is 2.12 bits per heavy atom. The molecule has 1 aliphatic heterocycles. The van der Waals surface area contributed by atoms with Crippen LogP contribution in [0.4, 0.5) is 11.6 Å². The number of hydrogen-bond donors (Lipinski definition) is 3. The molecule has 4 rings (SSSR count). The molecule has 0 saturated heterocycles. The van der Waals surface area contributed by atoms with Crippen LogP contribution < -0.4 is 10.6 Å². The van der Waals surface area contributed by atoms with Gasteiger partial charge in [0.2, 0.25) is 17.8 Å². The number of hydrogen-bond acceptors (Lipinski definition) is 5. The smallest absolute Gasteiger partial charge is 0.249 e. The monoisotopic (exact) mass is 339 g/mol. The maximum absolute atomic E-state index is 12.6. The van der Waals surface area contributed by atoms with Gasteiger partial charge in [-0.2, -0.15) is 4.98 Å². The van der Waals surface area contributed by atoms with Gasteiger partial charge in [0.05, 0.1) is 10.8 Å². The highest BCUT2D eigenvalue weighted by Crippen LogP contribution is 2.32. The van der Waals surface area contributed by atoms with E-state index in [0.29, 0.717) is 11.5 Å². The summed E-state index contributed by atoms with van der Waals surface area (Å²) >= 11 is 1.53. The molecule has 0 aliphatic carbocycles. The second-order valence-corrected chi connectivity index (χ2v) is 6.31. The Morgan fingerprint density at radius 3 is 2.96 bits per heavy atom. The second-order valence-electron chi connectivity index (χ2n) is 5.37. The second kappa shape index (κ2) is 5.89. The summed E-state index contributed by atoms with van der Waals surface area (Å²) in [6.07, 6.45) is 0.102. The van der Waals surface area contributed by atoms with Crippen molar-refractivity contribution >= 4 is 34.8 Å². The van der Waals surface area contributed by atoms with E-state index < -0.39 is 5.92 Å². The van der Waals surface area contributed by atoms with Crippen molar-refractivity contribution in [2.75, 3.05) is 10.6 Å². The van der Waals surface area contributed by atoms with E-state index in [1.165, 1.54) is 11.3 Å². The molecule has 7 nitrogen and oxygen atoms in total. The number of benzene rings is 1. The van der Waals surface area contributed by atoms with Crippen molar-refractivity contribution in [1.82, 2.24) is 15.2 Å². The van der Waals surface area contributed by atoms with Gasteiger partial charge in [0, 0.05) is 12.1 Å². The predicted octanol–water partition coefficient (Wildman–Crippen LogP) is 2.60. The van der Waals surface area contributed by atoms with Gasteiger partial charge in [0.25, 0.3) is 0 Å². The normalized spacial score (nSPS) is 16.3. The summed E-state index contributed by atoms with van der Waals surface area (Å²) in [5, 5.41) is 14.2. The van der Waals surface area contributed by atoms with Crippen molar-refractivity contribution in [3.63, 3.8) is 0 Å². The molecule has 24 heavy (non-hydrogen) atoms. The van der Waals surface area contributed by atoms with Gasteiger partial charge in [-0.25, -0.2) is 0 Å². The third-order valence-corrected chi connectivity index (χ3v) is 4.67. The topological polar surface area (TPSA) is 99.8 Å². The fourth-order valence-corrected chi connectivity index (χ4v) is 3.35. The summed E-state index contributed by atoms with van der Waals surface area (Å²) in [4.78, 5) is 29.6. The molecule has 3 aromatic rings. The van der Waals surface area contributed by atoms with Crippen LogP contribution in [0.15, 0.2) is 41.8 Å². The van der Waals surface area contributed by atoms with Gasteiger partial charge in [-0.15, -0.1) is 16.4 Å². The number of anilines is 2. The number of nitrogens with zero attached hydrogens (tertiary/aromatic N) is 2. The van der Waals surface area contributed by atoms with Gasteiger partial charge < -0.3 is 5.32 Å². The Hall–Kier alpha value is -3.00. The van der Waals surface area contributed by atoms with Gasteiger partial charge in [-0.05, 0) is 23.1 Å². The highest BCUT2D eigenvalue weighted by atomic mass is 32.1. The highest BCUT2D eigenvalue weighted by Gasteiger charge is 2.31. The van der Waals surface area contributed by atoms with Crippen molar-refractivity contribution in [2.24, 2.45) is 0 Å². The first-order valence-electron chi connectivity index (χ1n) is 7.36. The van der Waals surface area contributed by atoms with Gasteiger partial charge in [-0.3, -0.25) is 20.0 Å². The van der Waals surface area contributed by atoms with Gasteiger partial charge in [0.15, 0.2) is 5.82 Å². The summed E-state index contributed by atoms with van der Waals surface area (Å²) in [6, 6.07) is 11.1. The molecule has 0 saturated carbocycles. The molecule has 2 amide bonds. The molecule has 1 aromatic carbocycles. The molecular formula is C16H13N5O2S. The Morgan fingerprint density at radius 1 is 1.25 bits per heavy atom. The zero-order valence-electron chi connectivity index (χ0n) is 12.4. The van der Waals surface area contributed by atoms with E-state index in [9.17, 15) is 9.59 Å². The average Bonchev–Trinajstić information content (AvgIpc) is 3.25. The fraction of sp³-hybridized carbons (Fsp3) is 0.125. The van der Waals surface area contributed by atoms with Crippen molar-refractivity contribution in [3.05, 3.63) is 47.3 Å². The number of carbonyl (C=O) groups is 2. The number of rotatable bonds is 3. The maximum atomic E-state index is 12.6. The summed E-state index contributed by atoms with van der Waals surface area (Å²) in [7, 11) is 0. The van der Waals surface area contributed by atoms with Crippen LogP contribution >= 0.6 is 11.3 Å². The summed E-state index contributed by atoms with van der Waals surface area (Å²) < 4.78 is 0. The molecule has 3 heterocycles. The minimum absolute atomic E-state index is 0.102. The van der Waals surface area contributed by atoms with Gasteiger partial charge in [0.1, 0.15) is 0 Å². The summed E-state index contributed by atoms with van der Waals surface area (Å²) in [5.74, 6) is -0.232. The maximum Gasteiger partial charge on any atom is 0.249 e. The predicted molar refractivity (Wildman–Crippen MR) is 90.8 cm³/mol. The van der Waals surface area contributed by atoms with E-state index in [4.69, 9.17) is 0 Å². The summed E-state index contributed by atoms with van der Waals surface area (Å²) in [6.45, 7) is 0.